The summed E-state index contributed by atoms with van der Waals surface area (Å²) in [6.45, 7) is 0.739. The molecular formula is C16H14Br2ClNO. The van der Waals surface area contributed by atoms with E-state index in [2.05, 4.69) is 49.3 Å². The molecule has 0 aliphatic carbocycles. The van der Waals surface area contributed by atoms with Gasteiger partial charge < -0.3 is 10.1 Å². The molecule has 2 aromatic carbocycles. The Morgan fingerprint density at radius 1 is 1.14 bits per heavy atom. The largest absolute Gasteiger partial charge is 0.493 e. The number of hydrogen-bond acceptors (Lipinski definition) is 2. The van der Waals surface area contributed by atoms with E-state index in [0.717, 1.165) is 43.9 Å². The molecule has 0 radical (unpaired) electrons. The SMILES string of the molecule is CNC(c1ccc(Br)cc1Cl)c1cc(Br)cc2c1OCC2. The molecule has 21 heavy (non-hydrogen) atoms. The Morgan fingerprint density at radius 2 is 1.95 bits per heavy atom. The molecule has 5 heteroatoms. The van der Waals surface area contributed by atoms with E-state index >= 15 is 0 Å². The van der Waals surface area contributed by atoms with E-state index in [4.69, 9.17) is 16.3 Å². The van der Waals surface area contributed by atoms with Crippen LogP contribution in [0.4, 0.5) is 0 Å². The number of halogens is 3. The van der Waals surface area contributed by atoms with Crippen molar-refractivity contribution in [2.45, 2.75) is 12.5 Å². The van der Waals surface area contributed by atoms with Gasteiger partial charge in [-0.05, 0) is 42.4 Å². The standard InChI is InChI=1S/C16H14Br2ClNO/c1-20-15(12-3-2-10(17)8-14(12)19)13-7-11(18)6-9-4-5-21-16(9)13/h2-3,6-8,15,20H,4-5H2,1H3. The quantitative estimate of drug-likeness (QED) is 0.729. The van der Waals surface area contributed by atoms with Crippen LogP contribution in [-0.4, -0.2) is 13.7 Å². The van der Waals surface area contributed by atoms with E-state index in [1.807, 2.05) is 25.2 Å². The maximum atomic E-state index is 6.42. The molecule has 1 heterocycles. The molecule has 3 rings (SSSR count). The lowest BCUT2D eigenvalue weighted by Gasteiger charge is -2.21. The van der Waals surface area contributed by atoms with Crippen molar-refractivity contribution in [3.05, 3.63) is 61.0 Å². The lowest BCUT2D eigenvalue weighted by Crippen LogP contribution is -2.19. The summed E-state index contributed by atoms with van der Waals surface area (Å²) in [7, 11) is 1.94. The Labute approximate surface area is 146 Å². The lowest BCUT2D eigenvalue weighted by atomic mass is 9.96. The normalized spacial score (nSPS) is 14.7. The molecule has 0 saturated heterocycles. The first-order valence-corrected chi connectivity index (χ1v) is 8.64. The number of nitrogens with one attached hydrogen (secondary N) is 1. The second-order valence-electron chi connectivity index (χ2n) is 4.97. The van der Waals surface area contributed by atoms with Crippen molar-refractivity contribution in [1.82, 2.24) is 5.32 Å². The molecule has 0 fully saturated rings. The average molecular weight is 432 g/mol. The number of ether oxygens (including phenoxy) is 1. The van der Waals surface area contributed by atoms with Gasteiger partial charge in [-0.15, -0.1) is 0 Å². The minimum absolute atomic E-state index is 0.00468. The fourth-order valence-electron chi connectivity index (χ4n) is 2.73. The van der Waals surface area contributed by atoms with Gasteiger partial charge in [0.15, 0.2) is 0 Å². The van der Waals surface area contributed by atoms with Gasteiger partial charge in [0.05, 0.1) is 12.6 Å². The van der Waals surface area contributed by atoms with E-state index in [-0.39, 0.29) is 6.04 Å². The molecule has 1 aliphatic rings. The molecule has 110 valence electrons. The lowest BCUT2D eigenvalue weighted by molar-refractivity contribution is 0.351. The fourth-order valence-corrected chi connectivity index (χ4v) is 4.03. The van der Waals surface area contributed by atoms with Crippen LogP contribution in [0, 0.1) is 0 Å². The summed E-state index contributed by atoms with van der Waals surface area (Å²) in [5.41, 5.74) is 3.40. The predicted molar refractivity (Wildman–Crippen MR) is 93.4 cm³/mol. The Kier molecular flexibility index (Phi) is 4.60. The summed E-state index contributed by atoms with van der Waals surface area (Å²) in [5.74, 6) is 0.983. The van der Waals surface area contributed by atoms with E-state index in [0.29, 0.717) is 0 Å². The van der Waals surface area contributed by atoms with Gasteiger partial charge in [0.2, 0.25) is 0 Å². The van der Waals surface area contributed by atoms with E-state index < -0.39 is 0 Å². The highest BCUT2D eigenvalue weighted by atomic mass is 79.9. The summed E-state index contributed by atoms with van der Waals surface area (Å²) in [5, 5.41) is 4.08. The van der Waals surface area contributed by atoms with E-state index in [1.54, 1.807) is 0 Å². The van der Waals surface area contributed by atoms with Crippen LogP contribution in [-0.2, 0) is 6.42 Å². The molecule has 0 spiro atoms. The molecule has 1 unspecified atom stereocenters. The minimum atomic E-state index is -0.00468. The highest BCUT2D eigenvalue weighted by Crippen LogP contribution is 2.40. The van der Waals surface area contributed by atoms with Crippen molar-refractivity contribution in [2.75, 3.05) is 13.7 Å². The molecule has 0 amide bonds. The van der Waals surface area contributed by atoms with Crippen LogP contribution in [0.5, 0.6) is 5.75 Å². The highest BCUT2D eigenvalue weighted by Gasteiger charge is 2.24. The highest BCUT2D eigenvalue weighted by molar-refractivity contribution is 9.10. The van der Waals surface area contributed by atoms with Crippen LogP contribution in [0.25, 0.3) is 0 Å². The van der Waals surface area contributed by atoms with Crippen LogP contribution in [0.2, 0.25) is 5.02 Å². The molecule has 1 atom stereocenters. The van der Waals surface area contributed by atoms with Crippen molar-refractivity contribution in [3.63, 3.8) is 0 Å². The molecule has 2 aromatic rings. The number of hydrogen-bond donors (Lipinski definition) is 1. The van der Waals surface area contributed by atoms with Gasteiger partial charge in [-0.3, -0.25) is 0 Å². The van der Waals surface area contributed by atoms with E-state index in [1.165, 1.54) is 5.56 Å². The van der Waals surface area contributed by atoms with Gasteiger partial charge in [0, 0.05) is 26.0 Å². The van der Waals surface area contributed by atoms with Crippen LogP contribution >= 0.6 is 43.5 Å². The van der Waals surface area contributed by atoms with Gasteiger partial charge in [0.25, 0.3) is 0 Å². The summed E-state index contributed by atoms with van der Waals surface area (Å²) in [4.78, 5) is 0. The maximum absolute atomic E-state index is 6.42. The zero-order valence-corrected chi connectivity index (χ0v) is 15.3. The third kappa shape index (κ3) is 3.00. The Balaban J connectivity index is 2.13. The Morgan fingerprint density at radius 3 is 2.67 bits per heavy atom. The fraction of sp³-hybridized carbons (Fsp3) is 0.250. The van der Waals surface area contributed by atoms with Crippen molar-refractivity contribution < 1.29 is 4.74 Å². The maximum Gasteiger partial charge on any atom is 0.127 e. The first-order valence-electron chi connectivity index (χ1n) is 6.67. The molecule has 0 bridgehead atoms. The first kappa shape index (κ1) is 15.3. The summed E-state index contributed by atoms with van der Waals surface area (Å²) in [6, 6.07) is 10.2. The van der Waals surface area contributed by atoms with Crippen LogP contribution < -0.4 is 10.1 Å². The molecule has 0 saturated carbocycles. The first-order chi connectivity index (χ1) is 10.1. The second-order valence-corrected chi connectivity index (χ2v) is 7.21. The van der Waals surface area contributed by atoms with Crippen molar-refractivity contribution >= 4 is 43.5 Å². The van der Waals surface area contributed by atoms with Crippen molar-refractivity contribution in [3.8, 4) is 5.75 Å². The Bertz CT molecular complexity index is 690. The third-order valence-electron chi connectivity index (χ3n) is 3.65. The van der Waals surface area contributed by atoms with Gasteiger partial charge >= 0.3 is 0 Å². The summed E-state index contributed by atoms with van der Waals surface area (Å²) >= 11 is 13.5. The Hall–Kier alpha value is -0.550. The van der Waals surface area contributed by atoms with Crippen LogP contribution in [0.3, 0.4) is 0 Å². The molecule has 1 N–H and O–H groups in total. The third-order valence-corrected chi connectivity index (χ3v) is 4.93. The smallest absolute Gasteiger partial charge is 0.127 e. The van der Waals surface area contributed by atoms with Crippen molar-refractivity contribution in [2.24, 2.45) is 0 Å². The number of rotatable bonds is 3. The second kappa shape index (κ2) is 6.29. The van der Waals surface area contributed by atoms with Crippen LogP contribution in [0.15, 0.2) is 39.3 Å². The zero-order valence-electron chi connectivity index (χ0n) is 11.4. The average Bonchev–Trinajstić information content (AvgIpc) is 2.89. The summed E-state index contributed by atoms with van der Waals surface area (Å²) in [6.07, 6.45) is 0.951. The topological polar surface area (TPSA) is 21.3 Å². The number of benzene rings is 2. The number of fused-ring (bicyclic) bond motifs is 1. The molecule has 1 aliphatic heterocycles. The van der Waals surface area contributed by atoms with Gasteiger partial charge in [-0.25, -0.2) is 0 Å². The van der Waals surface area contributed by atoms with Crippen LogP contribution in [0.1, 0.15) is 22.7 Å². The minimum Gasteiger partial charge on any atom is -0.493 e. The zero-order chi connectivity index (χ0) is 15.0. The monoisotopic (exact) mass is 429 g/mol. The van der Waals surface area contributed by atoms with Gasteiger partial charge in [0.1, 0.15) is 5.75 Å². The van der Waals surface area contributed by atoms with E-state index in [9.17, 15) is 0 Å². The molecule has 2 nitrogen and oxygen atoms in total. The predicted octanol–water partition coefficient (Wildman–Crippen LogP) is 5.11. The van der Waals surface area contributed by atoms with Gasteiger partial charge in [-0.1, -0.05) is 49.5 Å². The van der Waals surface area contributed by atoms with Crippen molar-refractivity contribution in [1.29, 1.82) is 0 Å². The molecule has 0 aromatic heterocycles. The summed E-state index contributed by atoms with van der Waals surface area (Å²) < 4.78 is 7.88. The molecular weight excluding hydrogens is 417 g/mol. The van der Waals surface area contributed by atoms with Gasteiger partial charge in [-0.2, -0.15) is 0 Å².